The molecule has 41 heavy (non-hydrogen) atoms. The molecule has 2 atom stereocenters. The number of pyridine rings is 1. The summed E-state index contributed by atoms with van der Waals surface area (Å²) in [6.07, 6.45) is 12.0. The van der Waals surface area contributed by atoms with E-state index in [0.29, 0.717) is 11.8 Å². The second kappa shape index (κ2) is 11.4. The highest BCUT2D eigenvalue weighted by Gasteiger charge is 2.45. The van der Waals surface area contributed by atoms with E-state index in [1.54, 1.807) is 0 Å². The maximum atomic E-state index is 12.4. The average molecular weight is 574 g/mol. The quantitative estimate of drug-likeness (QED) is 0.335. The minimum Gasteiger partial charge on any atom is -0.410 e. The molecule has 0 bridgehead atoms. The van der Waals surface area contributed by atoms with Crippen molar-refractivity contribution in [3.63, 3.8) is 0 Å². The third kappa shape index (κ3) is 6.17. The fourth-order valence-corrected chi connectivity index (χ4v) is 8.45. The molecule has 2 aromatic rings. The minimum atomic E-state index is -2.06. The van der Waals surface area contributed by atoms with Crippen LogP contribution in [-0.4, -0.2) is 18.4 Å². The number of rotatable bonds is 7. The summed E-state index contributed by atoms with van der Waals surface area (Å²) < 4.78 is 7.34. The van der Waals surface area contributed by atoms with Crippen molar-refractivity contribution in [2.45, 2.75) is 148 Å². The molecule has 1 saturated carbocycles. The van der Waals surface area contributed by atoms with Crippen LogP contribution in [0.25, 0.3) is 5.57 Å². The van der Waals surface area contributed by atoms with Crippen LogP contribution in [-0.2, 0) is 10.8 Å². The number of benzene rings is 1. The number of aliphatic hydroxyl groups excluding tert-OH is 1. The maximum Gasteiger partial charge on any atom is 0.192 e. The van der Waals surface area contributed by atoms with Gasteiger partial charge in [-0.05, 0) is 96.7 Å². The van der Waals surface area contributed by atoms with Crippen LogP contribution in [0.4, 0.5) is 0 Å². The van der Waals surface area contributed by atoms with Gasteiger partial charge in [-0.1, -0.05) is 91.6 Å². The highest BCUT2D eigenvalue weighted by Crippen LogP contribution is 2.53. The van der Waals surface area contributed by atoms with E-state index in [9.17, 15) is 5.11 Å². The molecular weight excluding hydrogens is 518 g/mol. The highest BCUT2D eigenvalue weighted by atomic mass is 28.4. The topological polar surface area (TPSA) is 42.4 Å². The van der Waals surface area contributed by atoms with Crippen molar-refractivity contribution in [3.8, 4) is 0 Å². The van der Waals surface area contributed by atoms with E-state index in [2.05, 4.69) is 91.9 Å². The molecule has 5 rings (SSSR count). The van der Waals surface area contributed by atoms with Gasteiger partial charge in [-0.3, -0.25) is 4.98 Å². The van der Waals surface area contributed by atoms with Gasteiger partial charge < -0.3 is 9.53 Å². The van der Waals surface area contributed by atoms with Gasteiger partial charge in [0.25, 0.3) is 0 Å². The van der Waals surface area contributed by atoms with Gasteiger partial charge >= 0.3 is 0 Å². The lowest BCUT2D eigenvalue weighted by atomic mass is 9.71. The number of allylic oxidation sites excluding steroid dienone is 2. The van der Waals surface area contributed by atoms with Gasteiger partial charge in [0.15, 0.2) is 8.32 Å². The summed E-state index contributed by atoms with van der Waals surface area (Å²) in [5, 5.41) is 12.5. The van der Waals surface area contributed by atoms with Crippen LogP contribution in [0.15, 0.2) is 30.3 Å². The Kier molecular flexibility index (Phi) is 8.53. The predicted molar refractivity (Wildman–Crippen MR) is 175 cm³/mol. The van der Waals surface area contributed by atoms with E-state index in [1.807, 2.05) is 0 Å². The summed E-state index contributed by atoms with van der Waals surface area (Å²) >= 11 is 0. The van der Waals surface area contributed by atoms with Crippen molar-refractivity contribution in [2.75, 3.05) is 0 Å². The van der Waals surface area contributed by atoms with Gasteiger partial charge in [0.1, 0.15) is 6.10 Å². The molecule has 0 aliphatic heterocycles. The van der Waals surface area contributed by atoms with Crippen LogP contribution < -0.4 is 0 Å². The SMILES string of the molecule is CC(C)c1ccc([C@H](O)c2c(C3CCCC3)nc3c(c2C2=CCCC2)[C@@H](O[Si](C)(C)C(C)(C)C)CC(C)(C)C3)cc1. The van der Waals surface area contributed by atoms with Gasteiger partial charge in [0, 0.05) is 22.7 Å². The zero-order chi connectivity index (χ0) is 29.7. The van der Waals surface area contributed by atoms with Crippen molar-refractivity contribution >= 4 is 13.9 Å². The van der Waals surface area contributed by atoms with Gasteiger partial charge in [0.05, 0.1) is 11.8 Å². The van der Waals surface area contributed by atoms with E-state index in [4.69, 9.17) is 9.41 Å². The van der Waals surface area contributed by atoms with Gasteiger partial charge in [-0.25, -0.2) is 0 Å². The second-order valence-corrected chi connectivity index (χ2v) is 20.6. The predicted octanol–water partition coefficient (Wildman–Crippen LogP) is 10.5. The smallest absolute Gasteiger partial charge is 0.192 e. The van der Waals surface area contributed by atoms with Crippen LogP contribution in [0.3, 0.4) is 0 Å². The van der Waals surface area contributed by atoms with Crippen LogP contribution in [0.1, 0.15) is 163 Å². The monoisotopic (exact) mass is 573 g/mol. The average Bonchev–Trinajstić information content (AvgIpc) is 3.60. The van der Waals surface area contributed by atoms with Crippen molar-refractivity contribution in [1.29, 1.82) is 0 Å². The first-order valence-corrected chi connectivity index (χ1v) is 19.3. The molecule has 0 radical (unpaired) electrons. The number of hydrogen-bond donors (Lipinski definition) is 1. The Hall–Kier alpha value is -1.75. The van der Waals surface area contributed by atoms with Crippen LogP contribution in [0, 0.1) is 5.41 Å². The van der Waals surface area contributed by atoms with Crippen LogP contribution >= 0.6 is 0 Å². The Balaban J connectivity index is 1.76. The molecule has 1 heterocycles. The normalized spacial score (nSPS) is 22.2. The standard InChI is InChI=1S/C37H55NO2Si/c1-24(2)25-18-20-28(21-19-25)35(39)33-31(26-14-10-11-15-26)32-29(38-34(33)27-16-12-13-17-27)22-37(6,7)23-30(32)40-41(8,9)36(3,4)5/h14,18-21,24,27,30,35,39H,10-13,15-17,22-23H2,1-9H3/t30-,35-/m0/s1. The van der Waals surface area contributed by atoms with E-state index in [-0.39, 0.29) is 16.6 Å². The summed E-state index contributed by atoms with van der Waals surface area (Å²) in [6, 6.07) is 8.70. The van der Waals surface area contributed by atoms with Crippen molar-refractivity contribution in [1.82, 2.24) is 4.98 Å². The molecule has 0 saturated heterocycles. The Labute approximate surface area is 251 Å². The zero-order valence-electron chi connectivity index (χ0n) is 27.4. The molecule has 1 aromatic heterocycles. The fourth-order valence-electron chi connectivity index (χ4n) is 7.19. The minimum absolute atomic E-state index is 0.00513. The molecule has 0 spiro atoms. The second-order valence-electron chi connectivity index (χ2n) is 15.9. The third-order valence-electron chi connectivity index (χ3n) is 10.6. The summed E-state index contributed by atoms with van der Waals surface area (Å²) in [5.74, 6) is 0.891. The molecule has 1 N–H and O–H groups in total. The first-order valence-electron chi connectivity index (χ1n) is 16.4. The summed E-state index contributed by atoms with van der Waals surface area (Å²) in [7, 11) is -2.06. The summed E-state index contributed by atoms with van der Waals surface area (Å²) in [5.41, 5.74) is 9.93. The van der Waals surface area contributed by atoms with Gasteiger partial charge in [0.2, 0.25) is 0 Å². The Morgan fingerprint density at radius 3 is 2.20 bits per heavy atom. The molecule has 1 fully saturated rings. The molecule has 1 aromatic carbocycles. The van der Waals surface area contributed by atoms with Crippen molar-refractivity contribution < 1.29 is 9.53 Å². The van der Waals surface area contributed by atoms with Crippen molar-refractivity contribution in [2.24, 2.45) is 5.41 Å². The maximum absolute atomic E-state index is 12.4. The molecule has 0 unspecified atom stereocenters. The number of fused-ring (bicyclic) bond motifs is 1. The van der Waals surface area contributed by atoms with E-state index in [0.717, 1.165) is 36.8 Å². The van der Waals surface area contributed by atoms with Crippen molar-refractivity contribution in [3.05, 3.63) is 69.5 Å². The molecule has 3 nitrogen and oxygen atoms in total. The number of aromatic nitrogens is 1. The molecule has 3 aliphatic carbocycles. The summed E-state index contributed by atoms with van der Waals surface area (Å²) in [4.78, 5) is 5.61. The number of nitrogens with zero attached hydrogens (tertiary/aromatic N) is 1. The van der Waals surface area contributed by atoms with Crippen LogP contribution in [0.2, 0.25) is 18.1 Å². The van der Waals surface area contributed by atoms with Gasteiger partial charge in [-0.2, -0.15) is 0 Å². The molecule has 0 amide bonds. The largest absolute Gasteiger partial charge is 0.410 e. The fraction of sp³-hybridized carbons (Fsp3) is 0.649. The number of hydrogen-bond acceptors (Lipinski definition) is 3. The molecule has 4 heteroatoms. The first kappa shape index (κ1) is 30.7. The lowest BCUT2D eigenvalue weighted by Crippen LogP contribution is -2.44. The van der Waals surface area contributed by atoms with E-state index < -0.39 is 14.4 Å². The number of aliphatic hydroxyl groups is 1. The molecule has 3 aliphatic rings. The lowest BCUT2D eigenvalue weighted by molar-refractivity contribution is 0.105. The lowest BCUT2D eigenvalue weighted by Gasteiger charge is -2.45. The molecular formula is C37H55NO2Si. The Morgan fingerprint density at radius 1 is 1.00 bits per heavy atom. The van der Waals surface area contributed by atoms with E-state index >= 15 is 0 Å². The third-order valence-corrected chi connectivity index (χ3v) is 15.1. The first-order chi connectivity index (χ1) is 19.2. The molecule has 224 valence electrons. The Morgan fingerprint density at radius 2 is 1.63 bits per heavy atom. The Bertz CT molecular complexity index is 1280. The summed E-state index contributed by atoms with van der Waals surface area (Å²) in [6.45, 7) is 21.0. The highest BCUT2D eigenvalue weighted by molar-refractivity contribution is 6.74. The van der Waals surface area contributed by atoms with Gasteiger partial charge in [-0.15, -0.1) is 0 Å². The van der Waals surface area contributed by atoms with E-state index in [1.165, 1.54) is 65.8 Å². The zero-order valence-corrected chi connectivity index (χ0v) is 28.4. The van der Waals surface area contributed by atoms with Crippen LogP contribution in [0.5, 0.6) is 0 Å².